The van der Waals surface area contributed by atoms with E-state index in [-0.39, 0.29) is 0 Å². The third-order valence-corrected chi connectivity index (χ3v) is 1.11. The Bertz CT molecular complexity index is 203. The van der Waals surface area contributed by atoms with E-state index in [2.05, 4.69) is 16.0 Å². The number of rotatable bonds is 2. The van der Waals surface area contributed by atoms with Crippen LogP contribution in [0.5, 0.6) is 0 Å². The van der Waals surface area contributed by atoms with E-state index in [9.17, 15) is 0 Å². The predicted octanol–water partition coefficient (Wildman–Crippen LogP) is 0.423. The molecule has 0 aromatic carbocycles. The molecule has 54 valence electrons. The summed E-state index contributed by atoms with van der Waals surface area (Å²) in [6.45, 7) is 2.29. The third kappa shape index (κ3) is 1.43. The molecule has 1 aliphatic heterocycles. The Morgan fingerprint density at radius 1 is 1.80 bits per heavy atom. The Morgan fingerprint density at radius 2 is 2.60 bits per heavy atom. The lowest BCUT2D eigenvalue weighted by Crippen LogP contribution is -2.26. The van der Waals surface area contributed by atoms with E-state index >= 15 is 0 Å². The zero-order valence-electron chi connectivity index (χ0n) is 6.03. The Balaban J connectivity index is 2.61. The first-order valence-corrected chi connectivity index (χ1v) is 2.93. The molecule has 0 aromatic rings. The minimum absolute atomic E-state index is 0.427. The van der Waals surface area contributed by atoms with Crippen LogP contribution in [0.4, 0.5) is 0 Å². The molecular weight excluding hydrogens is 130 g/mol. The van der Waals surface area contributed by atoms with Gasteiger partial charge in [0.05, 0.1) is 6.20 Å². The summed E-state index contributed by atoms with van der Waals surface area (Å²) >= 11 is 0. The van der Waals surface area contributed by atoms with Crippen molar-refractivity contribution >= 4 is 11.7 Å². The molecule has 1 rings (SSSR count). The number of ether oxygens (including phenoxy) is 1. The van der Waals surface area contributed by atoms with Crippen molar-refractivity contribution in [2.75, 3.05) is 13.8 Å². The Kier molecular flexibility index (Phi) is 2.20. The van der Waals surface area contributed by atoms with E-state index in [1.165, 1.54) is 6.20 Å². The van der Waals surface area contributed by atoms with Crippen molar-refractivity contribution in [3.63, 3.8) is 0 Å². The van der Waals surface area contributed by atoms with Gasteiger partial charge in [0.2, 0.25) is 0 Å². The number of hydrogen-bond donors (Lipinski definition) is 0. The van der Waals surface area contributed by atoms with Crippen LogP contribution in [-0.2, 0) is 4.74 Å². The topological polar surface area (TPSA) is 37.2 Å². The Morgan fingerprint density at radius 3 is 3.20 bits per heavy atom. The van der Waals surface area contributed by atoms with Gasteiger partial charge in [-0.05, 0) is 6.92 Å². The number of amidine groups is 1. The fraction of sp³-hybridized carbons (Fsp3) is 0.500. The lowest BCUT2D eigenvalue weighted by molar-refractivity contribution is 0.111. The summed E-state index contributed by atoms with van der Waals surface area (Å²) in [5, 5.41) is 5.50. The second-order valence-electron chi connectivity index (χ2n) is 1.85. The molecule has 0 saturated carbocycles. The lowest BCUT2D eigenvalue weighted by atomic mass is 10.6. The molecule has 1 heterocycles. The largest absolute Gasteiger partial charge is 0.362 e. The quantitative estimate of drug-likeness (QED) is 0.556. The van der Waals surface area contributed by atoms with Crippen molar-refractivity contribution in [2.45, 2.75) is 6.92 Å². The predicted molar refractivity (Wildman–Crippen MR) is 38.8 cm³/mol. The van der Waals surface area contributed by atoms with E-state index < -0.39 is 0 Å². The number of nitrogens with zero attached hydrogens (tertiary/aromatic N) is 3. The lowest BCUT2D eigenvalue weighted by Gasteiger charge is -2.15. The number of hydrazone groups is 1. The van der Waals surface area contributed by atoms with Gasteiger partial charge in [0, 0.05) is 13.0 Å². The van der Waals surface area contributed by atoms with Gasteiger partial charge >= 0.3 is 0 Å². The van der Waals surface area contributed by atoms with Gasteiger partial charge < -0.3 is 4.74 Å². The maximum atomic E-state index is 4.85. The first kappa shape index (κ1) is 6.99. The first-order valence-electron chi connectivity index (χ1n) is 2.93. The van der Waals surface area contributed by atoms with E-state index in [4.69, 9.17) is 4.74 Å². The average molecular weight is 139 g/mol. The van der Waals surface area contributed by atoms with Crippen LogP contribution in [0.15, 0.2) is 16.3 Å². The molecule has 4 nitrogen and oxygen atoms in total. The van der Waals surface area contributed by atoms with Crippen LogP contribution < -0.4 is 0 Å². The highest BCUT2D eigenvalue weighted by Crippen LogP contribution is 1.95. The van der Waals surface area contributed by atoms with Crippen LogP contribution in [-0.4, -0.2) is 30.6 Å². The smallest absolute Gasteiger partial charge is 0.141 e. The van der Waals surface area contributed by atoms with Crippen molar-refractivity contribution in [3.8, 4) is 0 Å². The minimum atomic E-state index is 0.427. The second kappa shape index (κ2) is 3.15. The van der Waals surface area contributed by atoms with Gasteiger partial charge in [-0.3, -0.25) is 0 Å². The summed E-state index contributed by atoms with van der Waals surface area (Å²) in [5.74, 6) is 3.43. The van der Waals surface area contributed by atoms with Gasteiger partial charge in [-0.25, -0.2) is 10.0 Å². The van der Waals surface area contributed by atoms with Crippen molar-refractivity contribution in [1.29, 1.82) is 0 Å². The van der Waals surface area contributed by atoms with Crippen molar-refractivity contribution < 1.29 is 4.74 Å². The van der Waals surface area contributed by atoms with Crippen LogP contribution >= 0.6 is 0 Å². The van der Waals surface area contributed by atoms with E-state index in [1.807, 2.05) is 6.92 Å². The fourth-order valence-electron chi connectivity index (χ4n) is 0.601. The first-order chi connectivity index (χ1) is 4.84. The molecule has 0 aromatic heterocycles. The van der Waals surface area contributed by atoms with Crippen molar-refractivity contribution in [2.24, 2.45) is 10.1 Å². The standard InChI is InChI=1S/C6H9N3O/c1-6-7-3-4-8-9(6)5-10-2/h3H,5H2,1-2H3. The van der Waals surface area contributed by atoms with Crippen LogP contribution in [0.1, 0.15) is 6.92 Å². The molecule has 0 unspecified atom stereocenters. The van der Waals surface area contributed by atoms with Gasteiger partial charge in [-0.15, -0.1) is 5.10 Å². The molecule has 0 saturated heterocycles. The van der Waals surface area contributed by atoms with Gasteiger partial charge in [0.1, 0.15) is 12.6 Å². The van der Waals surface area contributed by atoms with Gasteiger partial charge in [-0.1, -0.05) is 0 Å². The highest BCUT2D eigenvalue weighted by Gasteiger charge is 2.03. The van der Waals surface area contributed by atoms with E-state index in [0.29, 0.717) is 6.73 Å². The molecule has 0 radical (unpaired) electrons. The van der Waals surface area contributed by atoms with Crippen molar-refractivity contribution in [3.05, 3.63) is 6.20 Å². The van der Waals surface area contributed by atoms with Crippen molar-refractivity contribution in [1.82, 2.24) is 5.01 Å². The van der Waals surface area contributed by atoms with Crippen LogP contribution in [0.3, 0.4) is 0 Å². The molecule has 0 aliphatic carbocycles. The summed E-state index contributed by atoms with van der Waals surface area (Å²) in [7, 11) is 1.61. The molecule has 0 amide bonds. The fourth-order valence-corrected chi connectivity index (χ4v) is 0.601. The summed E-state index contributed by atoms with van der Waals surface area (Å²) in [6.07, 6.45) is 1.53. The molecule has 4 heteroatoms. The van der Waals surface area contributed by atoms with Gasteiger partial charge in [0.25, 0.3) is 0 Å². The summed E-state index contributed by atoms with van der Waals surface area (Å²) in [5.41, 5.74) is 0. The molecule has 1 aliphatic rings. The van der Waals surface area contributed by atoms with Crippen LogP contribution in [0.25, 0.3) is 0 Å². The zero-order chi connectivity index (χ0) is 7.40. The Labute approximate surface area is 59.5 Å². The molecule has 0 atom stereocenters. The molecule has 10 heavy (non-hydrogen) atoms. The van der Waals surface area contributed by atoms with Gasteiger partial charge in [0.15, 0.2) is 0 Å². The molecule has 0 N–H and O–H groups in total. The molecule has 0 bridgehead atoms. The summed E-state index contributed by atoms with van der Waals surface area (Å²) in [4.78, 5) is 3.96. The second-order valence-corrected chi connectivity index (χ2v) is 1.85. The highest BCUT2D eigenvalue weighted by atomic mass is 16.5. The maximum absolute atomic E-state index is 4.85. The average Bonchev–Trinajstić information content (AvgIpc) is 1.94. The SMILES string of the molecule is COCN1N=C=CN=C1C. The van der Waals surface area contributed by atoms with E-state index in [1.54, 1.807) is 12.1 Å². The monoisotopic (exact) mass is 139 g/mol. The number of hydrogen-bond acceptors (Lipinski definition) is 4. The minimum Gasteiger partial charge on any atom is -0.362 e. The third-order valence-electron chi connectivity index (χ3n) is 1.11. The molecular formula is C6H9N3O. The Hall–Kier alpha value is -1.12. The molecule has 0 spiro atoms. The summed E-state index contributed by atoms with van der Waals surface area (Å²) in [6, 6.07) is 0. The van der Waals surface area contributed by atoms with Crippen LogP contribution in [0, 0.1) is 0 Å². The molecule has 0 fully saturated rings. The highest BCUT2D eigenvalue weighted by molar-refractivity contribution is 5.82. The normalized spacial score (nSPS) is 15.8. The maximum Gasteiger partial charge on any atom is 0.141 e. The van der Waals surface area contributed by atoms with Gasteiger partial charge in [-0.2, -0.15) is 0 Å². The van der Waals surface area contributed by atoms with E-state index in [0.717, 1.165) is 5.84 Å². The summed E-state index contributed by atoms with van der Waals surface area (Å²) < 4.78 is 4.85. The number of aliphatic imine (C=N–C) groups is 1. The zero-order valence-corrected chi connectivity index (χ0v) is 6.03. The number of methoxy groups -OCH3 is 1. The van der Waals surface area contributed by atoms with Crippen LogP contribution in [0.2, 0.25) is 0 Å².